The predicted octanol–water partition coefficient (Wildman–Crippen LogP) is 0.784. The summed E-state index contributed by atoms with van der Waals surface area (Å²) >= 11 is 0. The second kappa shape index (κ2) is 7.22. The molecular formula is C16H25NO4. The van der Waals surface area contributed by atoms with Crippen molar-refractivity contribution in [3.8, 4) is 5.75 Å². The van der Waals surface area contributed by atoms with E-state index in [-0.39, 0.29) is 6.61 Å². The SMILES string of the molecule is Cc1cc(C)cc(OCC(O)CNCC2(O)CCOC2)c1. The Balaban J connectivity index is 1.68. The lowest BCUT2D eigenvalue weighted by atomic mass is 10.0. The van der Waals surface area contributed by atoms with E-state index in [4.69, 9.17) is 9.47 Å². The standard InChI is InChI=1S/C16H25NO4/c1-12-5-13(2)7-15(6-12)21-9-14(18)8-17-10-16(19)3-4-20-11-16/h5-7,14,17-19H,3-4,8-11H2,1-2H3. The van der Waals surface area contributed by atoms with Crippen LogP contribution in [-0.2, 0) is 4.74 Å². The average molecular weight is 295 g/mol. The summed E-state index contributed by atoms with van der Waals surface area (Å²) in [6.07, 6.45) is 0.0200. The lowest BCUT2D eigenvalue weighted by Gasteiger charge is -2.22. The topological polar surface area (TPSA) is 71.0 Å². The molecule has 21 heavy (non-hydrogen) atoms. The zero-order chi connectivity index (χ0) is 15.3. The molecular weight excluding hydrogens is 270 g/mol. The van der Waals surface area contributed by atoms with E-state index in [1.165, 1.54) is 0 Å². The summed E-state index contributed by atoms with van der Waals surface area (Å²) in [5.41, 5.74) is 1.48. The molecule has 2 atom stereocenters. The average Bonchev–Trinajstić information content (AvgIpc) is 2.82. The van der Waals surface area contributed by atoms with Crippen LogP contribution in [0, 0.1) is 13.8 Å². The monoisotopic (exact) mass is 295 g/mol. The molecule has 5 nitrogen and oxygen atoms in total. The van der Waals surface area contributed by atoms with Crippen molar-refractivity contribution in [2.75, 3.05) is 32.9 Å². The molecule has 1 aromatic rings. The molecule has 0 spiro atoms. The summed E-state index contributed by atoms with van der Waals surface area (Å²) in [4.78, 5) is 0. The van der Waals surface area contributed by atoms with Crippen LogP contribution in [0.3, 0.4) is 0 Å². The van der Waals surface area contributed by atoms with Gasteiger partial charge in [0.1, 0.15) is 24.1 Å². The van der Waals surface area contributed by atoms with Gasteiger partial charge in [0.25, 0.3) is 0 Å². The molecule has 1 heterocycles. The number of aliphatic hydroxyl groups excluding tert-OH is 1. The van der Waals surface area contributed by atoms with E-state index in [0.717, 1.165) is 16.9 Å². The van der Waals surface area contributed by atoms with E-state index in [9.17, 15) is 10.2 Å². The third-order valence-electron chi connectivity index (χ3n) is 3.55. The van der Waals surface area contributed by atoms with Gasteiger partial charge in [0.05, 0.1) is 6.61 Å². The highest BCUT2D eigenvalue weighted by atomic mass is 16.5. The number of benzene rings is 1. The van der Waals surface area contributed by atoms with Crippen LogP contribution in [-0.4, -0.2) is 54.8 Å². The van der Waals surface area contributed by atoms with Crippen molar-refractivity contribution in [3.63, 3.8) is 0 Å². The fourth-order valence-corrected chi connectivity index (χ4v) is 2.47. The zero-order valence-corrected chi connectivity index (χ0v) is 12.8. The van der Waals surface area contributed by atoms with Gasteiger partial charge in [-0.3, -0.25) is 0 Å². The Kier molecular flexibility index (Phi) is 5.58. The van der Waals surface area contributed by atoms with Crippen molar-refractivity contribution in [3.05, 3.63) is 29.3 Å². The molecule has 2 rings (SSSR count). The highest BCUT2D eigenvalue weighted by molar-refractivity contribution is 5.32. The van der Waals surface area contributed by atoms with E-state index >= 15 is 0 Å². The molecule has 1 fully saturated rings. The Hall–Kier alpha value is -1.14. The van der Waals surface area contributed by atoms with Crippen molar-refractivity contribution in [1.29, 1.82) is 0 Å². The lowest BCUT2D eigenvalue weighted by molar-refractivity contribution is 0.0226. The molecule has 118 valence electrons. The van der Waals surface area contributed by atoms with Gasteiger partial charge in [0, 0.05) is 26.1 Å². The quantitative estimate of drug-likeness (QED) is 0.693. The van der Waals surface area contributed by atoms with Crippen LogP contribution < -0.4 is 10.1 Å². The Morgan fingerprint density at radius 2 is 2.05 bits per heavy atom. The van der Waals surface area contributed by atoms with Crippen molar-refractivity contribution in [1.82, 2.24) is 5.32 Å². The third kappa shape index (κ3) is 5.28. The van der Waals surface area contributed by atoms with Gasteiger partial charge in [-0.2, -0.15) is 0 Å². The van der Waals surface area contributed by atoms with Crippen molar-refractivity contribution in [2.45, 2.75) is 32.0 Å². The number of hydrogen-bond donors (Lipinski definition) is 3. The van der Waals surface area contributed by atoms with Crippen LogP contribution in [0.4, 0.5) is 0 Å². The summed E-state index contributed by atoms with van der Waals surface area (Å²) in [6, 6.07) is 5.98. The van der Waals surface area contributed by atoms with E-state index in [1.807, 2.05) is 26.0 Å². The highest BCUT2D eigenvalue weighted by Gasteiger charge is 2.31. The first kappa shape index (κ1) is 16.2. The number of nitrogens with one attached hydrogen (secondary N) is 1. The Morgan fingerprint density at radius 1 is 1.33 bits per heavy atom. The number of rotatable bonds is 7. The maximum absolute atomic E-state index is 10.1. The van der Waals surface area contributed by atoms with E-state index in [0.29, 0.717) is 32.7 Å². The fourth-order valence-electron chi connectivity index (χ4n) is 2.47. The third-order valence-corrected chi connectivity index (χ3v) is 3.55. The predicted molar refractivity (Wildman–Crippen MR) is 80.7 cm³/mol. The number of ether oxygens (including phenoxy) is 2. The van der Waals surface area contributed by atoms with Gasteiger partial charge in [0.15, 0.2) is 0 Å². The fraction of sp³-hybridized carbons (Fsp3) is 0.625. The summed E-state index contributed by atoms with van der Waals surface area (Å²) in [5.74, 6) is 0.773. The summed E-state index contributed by atoms with van der Waals surface area (Å²) in [5, 5.41) is 23.0. The molecule has 0 amide bonds. The molecule has 0 aromatic heterocycles. The highest BCUT2D eigenvalue weighted by Crippen LogP contribution is 2.17. The minimum absolute atomic E-state index is 0.227. The Labute approximate surface area is 125 Å². The molecule has 0 aliphatic carbocycles. The number of hydrogen-bond acceptors (Lipinski definition) is 5. The first-order valence-corrected chi connectivity index (χ1v) is 7.37. The van der Waals surface area contributed by atoms with E-state index in [2.05, 4.69) is 11.4 Å². The minimum Gasteiger partial charge on any atom is -0.491 e. The largest absolute Gasteiger partial charge is 0.491 e. The van der Waals surface area contributed by atoms with Gasteiger partial charge in [-0.25, -0.2) is 0 Å². The van der Waals surface area contributed by atoms with Crippen LogP contribution in [0.5, 0.6) is 5.75 Å². The van der Waals surface area contributed by atoms with Gasteiger partial charge in [-0.05, 0) is 37.1 Å². The first-order chi connectivity index (χ1) is 9.97. The van der Waals surface area contributed by atoms with Gasteiger partial charge >= 0.3 is 0 Å². The molecule has 1 aromatic carbocycles. The summed E-state index contributed by atoms with van der Waals surface area (Å²) in [6.45, 7) is 6.02. The second-order valence-electron chi connectivity index (χ2n) is 5.95. The zero-order valence-electron chi connectivity index (χ0n) is 12.8. The Morgan fingerprint density at radius 3 is 2.67 bits per heavy atom. The smallest absolute Gasteiger partial charge is 0.119 e. The van der Waals surface area contributed by atoms with Crippen molar-refractivity contribution in [2.24, 2.45) is 0 Å². The van der Waals surface area contributed by atoms with Gasteiger partial charge in [-0.1, -0.05) is 6.07 Å². The van der Waals surface area contributed by atoms with Crippen LogP contribution in [0.2, 0.25) is 0 Å². The minimum atomic E-state index is -0.797. The summed E-state index contributed by atoms with van der Waals surface area (Å²) < 4.78 is 10.8. The van der Waals surface area contributed by atoms with Crippen LogP contribution in [0.1, 0.15) is 17.5 Å². The van der Waals surface area contributed by atoms with Crippen molar-refractivity contribution < 1.29 is 19.7 Å². The maximum Gasteiger partial charge on any atom is 0.119 e. The first-order valence-electron chi connectivity index (χ1n) is 7.37. The molecule has 2 unspecified atom stereocenters. The molecule has 1 saturated heterocycles. The molecule has 1 aliphatic heterocycles. The van der Waals surface area contributed by atoms with Gasteiger partial charge < -0.3 is 25.0 Å². The van der Waals surface area contributed by atoms with Crippen LogP contribution >= 0.6 is 0 Å². The normalized spacial score (nSPS) is 23.2. The van der Waals surface area contributed by atoms with E-state index in [1.54, 1.807) is 0 Å². The Bertz CT molecular complexity index is 437. The summed E-state index contributed by atoms with van der Waals surface area (Å²) in [7, 11) is 0. The van der Waals surface area contributed by atoms with Gasteiger partial charge in [-0.15, -0.1) is 0 Å². The van der Waals surface area contributed by atoms with Gasteiger partial charge in [0.2, 0.25) is 0 Å². The molecule has 0 bridgehead atoms. The van der Waals surface area contributed by atoms with Crippen LogP contribution in [0.25, 0.3) is 0 Å². The molecule has 1 aliphatic rings. The van der Waals surface area contributed by atoms with E-state index < -0.39 is 11.7 Å². The van der Waals surface area contributed by atoms with Crippen molar-refractivity contribution >= 4 is 0 Å². The molecule has 0 saturated carbocycles. The number of aliphatic hydroxyl groups is 2. The molecule has 3 N–H and O–H groups in total. The lowest BCUT2D eigenvalue weighted by Crippen LogP contribution is -2.44. The number of aryl methyl sites for hydroxylation is 2. The van der Waals surface area contributed by atoms with Crippen LogP contribution in [0.15, 0.2) is 18.2 Å². The molecule has 5 heteroatoms. The second-order valence-corrected chi connectivity index (χ2v) is 5.95. The maximum atomic E-state index is 10.1. The molecule has 0 radical (unpaired) electrons.